The van der Waals surface area contributed by atoms with Gasteiger partial charge in [-0.3, -0.25) is 29.4 Å². The predicted molar refractivity (Wildman–Crippen MR) is 99.6 cm³/mol. The third kappa shape index (κ3) is 3.46. The molecule has 0 radical (unpaired) electrons. The largest absolute Gasteiger partial charge is 0.426 e. The van der Waals surface area contributed by atoms with E-state index in [2.05, 4.69) is 0 Å². The molecule has 144 valence electrons. The summed E-state index contributed by atoms with van der Waals surface area (Å²) in [4.78, 5) is 48.2. The van der Waals surface area contributed by atoms with E-state index in [9.17, 15) is 24.5 Å². The van der Waals surface area contributed by atoms with E-state index < -0.39 is 28.4 Å². The number of amides is 2. The number of rotatable bonds is 5. The summed E-state index contributed by atoms with van der Waals surface area (Å²) in [6.07, 6.45) is -0.250. The highest BCUT2D eigenvalue weighted by Gasteiger charge is 2.40. The Bertz CT molecular complexity index is 1010. The Morgan fingerprint density at radius 1 is 1.18 bits per heavy atom. The van der Waals surface area contributed by atoms with Gasteiger partial charge in [-0.05, 0) is 43.2 Å². The van der Waals surface area contributed by atoms with Crippen LogP contribution >= 0.6 is 11.6 Å². The van der Waals surface area contributed by atoms with Crippen molar-refractivity contribution >= 4 is 35.1 Å². The first-order valence-corrected chi connectivity index (χ1v) is 8.69. The Balaban J connectivity index is 1.71. The number of fused-ring (bicyclic) bond motifs is 1. The highest BCUT2D eigenvalue weighted by Crippen LogP contribution is 2.31. The normalized spacial score (nSPS) is 12.9. The van der Waals surface area contributed by atoms with Gasteiger partial charge < -0.3 is 4.74 Å². The minimum atomic E-state index is -0.793. The van der Waals surface area contributed by atoms with Gasteiger partial charge in [0, 0.05) is 17.6 Å². The molecule has 2 aromatic rings. The molecule has 2 amide bonds. The molecular weight excluding hydrogens is 388 g/mol. The van der Waals surface area contributed by atoms with Crippen molar-refractivity contribution in [2.45, 2.75) is 20.3 Å². The van der Waals surface area contributed by atoms with Crippen LogP contribution in [0.15, 0.2) is 30.3 Å². The van der Waals surface area contributed by atoms with E-state index in [1.807, 2.05) is 0 Å². The average molecular weight is 403 g/mol. The number of benzene rings is 2. The number of carbonyl (C=O) groups excluding carboxylic acids is 3. The lowest BCUT2D eigenvalue weighted by molar-refractivity contribution is -0.385. The number of hydrogen-bond donors (Lipinski definition) is 0. The van der Waals surface area contributed by atoms with Gasteiger partial charge in [0.25, 0.3) is 17.5 Å². The maximum Gasteiger partial charge on any atom is 0.312 e. The molecule has 0 saturated heterocycles. The number of halogens is 1. The summed E-state index contributed by atoms with van der Waals surface area (Å²) >= 11 is 6.07. The molecule has 0 aliphatic carbocycles. The number of carbonyl (C=O) groups is 3. The van der Waals surface area contributed by atoms with E-state index in [1.54, 1.807) is 26.0 Å². The monoisotopic (exact) mass is 402 g/mol. The van der Waals surface area contributed by atoms with Crippen molar-refractivity contribution < 1.29 is 24.0 Å². The molecule has 9 heteroatoms. The van der Waals surface area contributed by atoms with E-state index in [-0.39, 0.29) is 24.1 Å². The summed E-state index contributed by atoms with van der Waals surface area (Å²) in [7, 11) is 0. The van der Waals surface area contributed by atoms with E-state index in [4.69, 9.17) is 16.3 Å². The topological polar surface area (TPSA) is 107 Å². The van der Waals surface area contributed by atoms with Gasteiger partial charge in [0.15, 0.2) is 0 Å². The standard InChI is InChI=1S/C19H15ClN2O6/c1-10-8-12(9-11(2)17(10)20)28-15(23)6-7-21-18(24)13-4-3-5-14(22(26)27)16(13)19(21)25/h3-5,8-9H,6-7H2,1-2H3. The molecule has 8 nitrogen and oxygen atoms in total. The lowest BCUT2D eigenvalue weighted by Crippen LogP contribution is -2.32. The third-order valence-corrected chi connectivity index (χ3v) is 4.95. The fourth-order valence-corrected chi connectivity index (χ4v) is 3.13. The molecule has 28 heavy (non-hydrogen) atoms. The van der Waals surface area contributed by atoms with Crippen LogP contribution in [0.5, 0.6) is 5.75 Å². The molecule has 1 heterocycles. The Hall–Kier alpha value is -3.26. The zero-order chi connectivity index (χ0) is 20.6. The van der Waals surface area contributed by atoms with Gasteiger partial charge in [-0.1, -0.05) is 17.7 Å². The molecule has 0 aromatic heterocycles. The maximum atomic E-state index is 12.5. The van der Waals surface area contributed by atoms with Crippen LogP contribution in [0.4, 0.5) is 5.69 Å². The number of nitro benzene ring substituents is 1. The lowest BCUT2D eigenvalue weighted by Gasteiger charge is -2.13. The number of nitro groups is 1. The molecule has 0 spiro atoms. The molecule has 0 saturated carbocycles. The Morgan fingerprint density at radius 3 is 2.43 bits per heavy atom. The number of ether oxygens (including phenoxy) is 1. The van der Waals surface area contributed by atoms with E-state index in [0.717, 1.165) is 22.1 Å². The second kappa shape index (κ2) is 7.40. The molecule has 0 N–H and O–H groups in total. The molecular formula is C19H15ClN2O6. The number of imide groups is 1. The van der Waals surface area contributed by atoms with Gasteiger partial charge in [0.05, 0.1) is 16.9 Å². The summed E-state index contributed by atoms with van der Waals surface area (Å²) in [5, 5.41) is 11.7. The summed E-state index contributed by atoms with van der Waals surface area (Å²) in [5.74, 6) is -1.80. The van der Waals surface area contributed by atoms with E-state index in [0.29, 0.717) is 10.8 Å². The van der Waals surface area contributed by atoms with Crippen LogP contribution in [-0.4, -0.2) is 34.2 Å². The second-order valence-electron chi connectivity index (χ2n) is 6.31. The van der Waals surface area contributed by atoms with Crippen LogP contribution in [0.25, 0.3) is 0 Å². The van der Waals surface area contributed by atoms with Gasteiger partial charge in [-0.2, -0.15) is 0 Å². The predicted octanol–water partition coefficient (Wildman–Crippen LogP) is 3.46. The SMILES string of the molecule is Cc1cc(OC(=O)CCN2C(=O)c3cccc([N+](=O)[O-])c3C2=O)cc(C)c1Cl. The van der Waals surface area contributed by atoms with Crippen molar-refractivity contribution in [3.63, 3.8) is 0 Å². The fraction of sp³-hybridized carbons (Fsp3) is 0.211. The highest BCUT2D eigenvalue weighted by molar-refractivity contribution is 6.32. The van der Waals surface area contributed by atoms with Gasteiger partial charge >= 0.3 is 5.97 Å². The van der Waals surface area contributed by atoms with Crippen molar-refractivity contribution in [2.75, 3.05) is 6.54 Å². The van der Waals surface area contributed by atoms with Gasteiger partial charge in [-0.25, -0.2) is 0 Å². The van der Waals surface area contributed by atoms with Crippen LogP contribution in [0.3, 0.4) is 0 Å². The van der Waals surface area contributed by atoms with E-state index in [1.165, 1.54) is 12.1 Å². The lowest BCUT2D eigenvalue weighted by atomic mass is 10.1. The third-order valence-electron chi connectivity index (χ3n) is 4.35. The van der Waals surface area contributed by atoms with Crippen LogP contribution < -0.4 is 4.74 Å². The van der Waals surface area contributed by atoms with Gasteiger partial charge in [0.2, 0.25) is 0 Å². The quantitative estimate of drug-likeness (QED) is 0.249. The highest BCUT2D eigenvalue weighted by atomic mass is 35.5. The molecule has 1 aliphatic heterocycles. The minimum Gasteiger partial charge on any atom is -0.426 e. The van der Waals surface area contributed by atoms with Crippen LogP contribution in [0, 0.1) is 24.0 Å². The Kier molecular flexibility index (Phi) is 5.15. The second-order valence-corrected chi connectivity index (χ2v) is 6.69. The van der Waals surface area contributed by atoms with Gasteiger partial charge in [0.1, 0.15) is 11.3 Å². The molecule has 0 atom stereocenters. The van der Waals surface area contributed by atoms with E-state index >= 15 is 0 Å². The molecule has 0 fully saturated rings. The molecule has 0 unspecified atom stereocenters. The van der Waals surface area contributed by atoms with Crippen molar-refractivity contribution in [1.82, 2.24) is 4.90 Å². The number of esters is 1. The maximum absolute atomic E-state index is 12.5. The number of aryl methyl sites for hydroxylation is 2. The summed E-state index contributed by atoms with van der Waals surface area (Å²) in [6.45, 7) is 3.31. The summed E-state index contributed by atoms with van der Waals surface area (Å²) < 4.78 is 5.25. The average Bonchev–Trinajstić information content (AvgIpc) is 2.88. The molecule has 3 rings (SSSR count). The Morgan fingerprint density at radius 2 is 1.82 bits per heavy atom. The number of hydrogen-bond acceptors (Lipinski definition) is 6. The summed E-state index contributed by atoms with van der Waals surface area (Å²) in [5.41, 5.74) is 0.758. The van der Waals surface area contributed by atoms with Crippen molar-refractivity contribution in [2.24, 2.45) is 0 Å². The minimum absolute atomic E-state index is 0.0449. The fourth-order valence-electron chi connectivity index (χ4n) is 3.02. The first kappa shape index (κ1) is 19.5. The zero-order valence-electron chi connectivity index (χ0n) is 15.0. The van der Waals surface area contributed by atoms with Crippen molar-refractivity contribution in [3.8, 4) is 5.75 Å². The first-order valence-electron chi connectivity index (χ1n) is 8.31. The van der Waals surface area contributed by atoms with Crippen LogP contribution in [0.2, 0.25) is 5.02 Å². The molecule has 2 aromatic carbocycles. The first-order chi connectivity index (χ1) is 13.2. The Labute approximate surface area is 164 Å². The molecule has 0 bridgehead atoms. The van der Waals surface area contributed by atoms with Crippen molar-refractivity contribution in [1.29, 1.82) is 0 Å². The van der Waals surface area contributed by atoms with Crippen LogP contribution in [-0.2, 0) is 4.79 Å². The molecule has 1 aliphatic rings. The summed E-state index contributed by atoms with van der Waals surface area (Å²) in [6, 6.07) is 7.06. The smallest absolute Gasteiger partial charge is 0.312 e. The zero-order valence-corrected chi connectivity index (χ0v) is 15.8. The van der Waals surface area contributed by atoms with Crippen molar-refractivity contribution in [3.05, 3.63) is 67.7 Å². The van der Waals surface area contributed by atoms with Gasteiger partial charge in [-0.15, -0.1) is 0 Å². The number of nitrogens with zero attached hydrogens (tertiary/aromatic N) is 2. The van der Waals surface area contributed by atoms with Crippen LogP contribution in [0.1, 0.15) is 38.3 Å².